The lowest BCUT2D eigenvalue weighted by Gasteiger charge is -2.20. The summed E-state index contributed by atoms with van der Waals surface area (Å²) in [5.74, 6) is -0.0210. The van der Waals surface area contributed by atoms with Crippen LogP contribution in [-0.4, -0.2) is 24.0 Å². The Hall–Kier alpha value is -3.03. The highest BCUT2D eigenvalue weighted by Gasteiger charge is 2.30. The summed E-state index contributed by atoms with van der Waals surface area (Å²) in [6.07, 6.45) is 4.91. The number of amides is 1. The molecule has 0 aliphatic heterocycles. The molecule has 180 valence electrons. The summed E-state index contributed by atoms with van der Waals surface area (Å²) in [5.41, 5.74) is 3.65. The first-order chi connectivity index (χ1) is 17.0. The second-order valence-corrected chi connectivity index (χ2v) is 11.1. The zero-order valence-corrected chi connectivity index (χ0v) is 21.8. The molecule has 1 N–H and O–H groups in total. The van der Waals surface area contributed by atoms with Crippen LogP contribution in [0.1, 0.15) is 62.7 Å². The molecule has 1 aromatic carbocycles. The van der Waals surface area contributed by atoms with Gasteiger partial charge in [-0.3, -0.25) is 4.79 Å². The fraction of sp³-hybridized carbons (Fsp3) is 0.321. The van der Waals surface area contributed by atoms with Crippen LogP contribution in [0, 0.1) is 5.92 Å². The molecular weight excluding hydrogens is 476 g/mol. The topological polar surface area (TPSA) is 68.3 Å². The molecule has 3 heterocycles. The number of nitrogens with one attached hydrogen (secondary N) is 1. The molecule has 0 fully saturated rings. The number of pyridine rings is 1. The largest absolute Gasteiger partial charge is 0.465 e. The lowest BCUT2D eigenvalue weighted by atomic mass is 9.85. The van der Waals surface area contributed by atoms with E-state index < -0.39 is 5.97 Å². The number of aromatic nitrogens is 1. The molecule has 5 rings (SSSR count). The number of ether oxygens (including phenoxy) is 1. The number of hydrogen-bond acceptors (Lipinski definition) is 6. The Bertz CT molecular complexity index is 1420. The van der Waals surface area contributed by atoms with E-state index in [0.717, 1.165) is 59.1 Å². The minimum absolute atomic E-state index is 0.243. The third-order valence-corrected chi connectivity index (χ3v) is 9.21. The summed E-state index contributed by atoms with van der Waals surface area (Å²) in [6.45, 7) is 4.33. The van der Waals surface area contributed by atoms with Crippen molar-refractivity contribution in [2.45, 2.75) is 46.0 Å². The quantitative estimate of drug-likeness (QED) is 0.283. The third kappa shape index (κ3) is 4.50. The number of fused-ring (bicyclic) bond motifs is 2. The number of carbonyl (C=O) groups is 2. The van der Waals surface area contributed by atoms with Crippen molar-refractivity contribution < 1.29 is 14.3 Å². The maximum Gasteiger partial charge on any atom is 0.341 e. The Labute approximate surface area is 213 Å². The van der Waals surface area contributed by atoms with E-state index >= 15 is 0 Å². The lowest BCUT2D eigenvalue weighted by molar-refractivity contribution is 0.0601. The molecule has 1 amide bonds. The Morgan fingerprint density at radius 3 is 2.71 bits per heavy atom. The zero-order chi connectivity index (χ0) is 24.5. The zero-order valence-electron chi connectivity index (χ0n) is 20.1. The average Bonchev–Trinajstić information content (AvgIpc) is 3.51. The second kappa shape index (κ2) is 9.91. The molecular formula is C28H28N2O3S2. The summed E-state index contributed by atoms with van der Waals surface area (Å²) in [6, 6.07) is 13.7. The van der Waals surface area contributed by atoms with E-state index in [4.69, 9.17) is 9.72 Å². The van der Waals surface area contributed by atoms with Gasteiger partial charge in [0.05, 0.1) is 34.3 Å². The van der Waals surface area contributed by atoms with Gasteiger partial charge in [-0.1, -0.05) is 38.5 Å². The normalized spacial score (nSPS) is 15.1. The number of para-hydroxylation sites is 1. The number of methoxy groups -OCH3 is 1. The van der Waals surface area contributed by atoms with E-state index in [9.17, 15) is 9.59 Å². The summed E-state index contributed by atoms with van der Waals surface area (Å²) < 4.78 is 5.11. The van der Waals surface area contributed by atoms with Gasteiger partial charge < -0.3 is 10.1 Å². The molecule has 7 heteroatoms. The molecule has 35 heavy (non-hydrogen) atoms. The van der Waals surface area contributed by atoms with Crippen molar-refractivity contribution in [3.63, 3.8) is 0 Å². The van der Waals surface area contributed by atoms with E-state index in [0.29, 0.717) is 22.0 Å². The van der Waals surface area contributed by atoms with Crippen LogP contribution < -0.4 is 5.32 Å². The molecule has 1 aliphatic rings. The molecule has 5 nitrogen and oxygen atoms in total. The summed E-state index contributed by atoms with van der Waals surface area (Å²) in [5, 5.41) is 4.44. The van der Waals surface area contributed by atoms with E-state index in [2.05, 4.69) is 31.3 Å². The first kappa shape index (κ1) is 23.7. The summed E-state index contributed by atoms with van der Waals surface area (Å²) >= 11 is 3.21. The SMILES string of the molecule is CCc1ccc(-c2cc(C(=O)Nc3sc4c(c3C(=O)OC)CC[C@@H](CC)C4)c3ccccc3n2)s1. The fourth-order valence-corrected chi connectivity index (χ4v) is 7.03. The molecule has 0 saturated carbocycles. The average molecular weight is 505 g/mol. The van der Waals surface area contributed by atoms with Crippen LogP contribution in [0.25, 0.3) is 21.5 Å². The van der Waals surface area contributed by atoms with Crippen LogP contribution >= 0.6 is 22.7 Å². The highest BCUT2D eigenvalue weighted by atomic mass is 32.1. The number of rotatable bonds is 6. The molecule has 0 unspecified atom stereocenters. The number of thiophene rings is 2. The van der Waals surface area contributed by atoms with E-state index in [1.165, 1.54) is 28.2 Å². The van der Waals surface area contributed by atoms with Crippen LogP contribution in [0.4, 0.5) is 5.00 Å². The standard InChI is InChI=1S/C28H28N2O3S2/c1-4-16-10-12-19-24(14-16)35-27(25(19)28(32)33-3)30-26(31)20-15-22(23-13-11-17(5-2)34-23)29-21-9-7-6-8-18(20)21/h6-9,11,13,15-16H,4-5,10,12,14H2,1-3H3,(H,30,31)/t16-/m1/s1. The van der Waals surface area contributed by atoms with Crippen molar-refractivity contribution in [1.29, 1.82) is 0 Å². The maximum absolute atomic E-state index is 13.7. The predicted molar refractivity (Wildman–Crippen MR) is 144 cm³/mol. The molecule has 0 spiro atoms. The number of anilines is 1. The molecule has 3 aromatic heterocycles. The number of hydrogen-bond donors (Lipinski definition) is 1. The predicted octanol–water partition coefficient (Wildman–Crippen LogP) is 7.14. The van der Waals surface area contributed by atoms with Crippen LogP contribution in [0.3, 0.4) is 0 Å². The van der Waals surface area contributed by atoms with Gasteiger partial charge in [0.1, 0.15) is 5.00 Å². The molecule has 1 aliphatic carbocycles. The second-order valence-electron chi connectivity index (χ2n) is 8.86. The fourth-order valence-electron chi connectivity index (χ4n) is 4.77. The number of aryl methyl sites for hydroxylation is 1. The number of carbonyl (C=O) groups excluding carboxylic acids is 2. The Morgan fingerprint density at radius 2 is 1.97 bits per heavy atom. The first-order valence-electron chi connectivity index (χ1n) is 12.0. The van der Waals surface area contributed by atoms with E-state index in [1.54, 1.807) is 11.3 Å². The van der Waals surface area contributed by atoms with Crippen LogP contribution in [0.2, 0.25) is 0 Å². The van der Waals surface area contributed by atoms with Gasteiger partial charge in [0.25, 0.3) is 5.91 Å². The highest BCUT2D eigenvalue weighted by molar-refractivity contribution is 7.17. The van der Waals surface area contributed by atoms with Gasteiger partial charge in [0.15, 0.2) is 0 Å². The van der Waals surface area contributed by atoms with Crippen molar-refractivity contribution >= 4 is 50.5 Å². The Morgan fingerprint density at radius 1 is 1.14 bits per heavy atom. The van der Waals surface area contributed by atoms with E-state index in [-0.39, 0.29) is 5.91 Å². The molecule has 0 saturated heterocycles. The third-order valence-electron chi connectivity index (χ3n) is 6.78. The molecule has 0 radical (unpaired) electrons. The van der Waals surface area contributed by atoms with Gasteiger partial charge in [0, 0.05) is 15.1 Å². The first-order valence-corrected chi connectivity index (χ1v) is 13.7. The lowest BCUT2D eigenvalue weighted by Crippen LogP contribution is -2.17. The van der Waals surface area contributed by atoms with Crippen LogP contribution in [0.15, 0.2) is 42.5 Å². The molecule has 1 atom stereocenters. The van der Waals surface area contributed by atoms with Crippen molar-refractivity contribution in [3.05, 3.63) is 68.9 Å². The highest BCUT2D eigenvalue weighted by Crippen LogP contribution is 2.41. The van der Waals surface area contributed by atoms with Gasteiger partial charge in [-0.25, -0.2) is 9.78 Å². The van der Waals surface area contributed by atoms with Crippen LogP contribution in [0.5, 0.6) is 0 Å². The monoisotopic (exact) mass is 504 g/mol. The van der Waals surface area contributed by atoms with Crippen molar-refractivity contribution in [3.8, 4) is 10.6 Å². The van der Waals surface area contributed by atoms with Gasteiger partial charge in [0.2, 0.25) is 0 Å². The minimum atomic E-state index is -0.390. The van der Waals surface area contributed by atoms with Gasteiger partial charge in [-0.15, -0.1) is 22.7 Å². The smallest absolute Gasteiger partial charge is 0.341 e. The van der Waals surface area contributed by atoms with Gasteiger partial charge in [-0.05, 0) is 61.4 Å². The number of esters is 1. The van der Waals surface area contributed by atoms with Gasteiger partial charge in [-0.2, -0.15) is 0 Å². The number of benzene rings is 1. The van der Waals surface area contributed by atoms with Gasteiger partial charge >= 0.3 is 5.97 Å². The summed E-state index contributed by atoms with van der Waals surface area (Å²) in [4.78, 5) is 34.8. The van der Waals surface area contributed by atoms with Crippen molar-refractivity contribution in [1.82, 2.24) is 4.98 Å². The maximum atomic E-state index is 13.7. The van der Waals surface area contributed by atoms with Crippen molar-refractivity contribution in [2.24, 2.45) is 5.92 Å². The molecule has 0 bridgehead atoms. The minimum Gasteiger partial charge on any atom is -0.465 e. The van der Waals surface area contributed by atoms with Crippen molar-refractivity contribution in [2.75, 3.05) is 12.4 Å². The Balaban J connectivity index is 1.56. The van der Waals surface area contributed by atoms with E-state index in [1.807, 2.05) is 30.3 Å². The van der Waals surface area contributed by atoms with Crippen LogP contribution in [-0.2, 0) is 24.0 Å². The summed E-state index contributed by atoms with van der Waals surface area (Å²) in [7, 11) is 1.39. The number of nitrogens with zero attached hydrogens (tertiary/aromatic N) is 1. The Kier molecular flexibility index (Phi) is 6.71. The molecule has 4 aromatic rings.